The number of fused-ring (bicyclic) bond motifs is 1. The molecule has 0 bridgehead atoms. The predicted octanol–water partition coefficient (Wildman–Crippen LogP) is 4.05. The van der Waals surface area contributed by atoms with E-state index in [2.05, 4.69) is 0 Å². The number of hydrogen-bond donors (Lipinski definition) is 0. The van der Waals surface area contributed by atoms with Gasteiger partial charge in [0.1, 0.15) is 5.82 Å². The first-order chi connectivity index (χ1) is 14.0. The van der Waals surface area contributed by atoms with Crippen LogP contribution in [0.5, 0.6) is 0 Å². The summed E-state index contributed by atoms with van der Waals surface area (Å²) in [6.07, 6.45) is 0. The Kier molecular flexibility index (Phi) is 4.99. The van der Waals surface area contributed by atoms with Gasteiger partial charge in [-0.3, -0.25) is 9.36 Å². The molecule has 1 aromatic heterocycles. The number of nitrogens with zero attached hydrogens (tertiary/aromatic N) is 2. The molecule has 0 radical (unpaired) electrons. The minimum absolute atomic E-state index is 0.155. The summed E-state index contributed by atoms with van der Waals surface area (Å²) in [5, 5.41) is 0. The van der Waals surface area contributed by atoms with Gasteiger partial charge in [0.05, 0.1) is 12.1 Å². The summed E-state index contributed by atoms with van der Waals surface area (Å²) in [6, 6.07) is 20.6. The van der Waals surface area contributed by atoms with Crippen LogP contribution in [-0.4, -0.2) is 22.4 Å². The van der Waals surface area contributed by atoms with Gasteiger partial charge in [0, 0.05) is 19.2 Å². The summed E-state index contributed by atoms with van der Waals surface area (Å²) in [7, 11) is 1.74. The quantitative estimate of drug-likeness (QED) is 0.517. The van der Waals surface area contributed by atoms with Crippen molar-refractivity contribution in [3.8, 4) is 0 Å². The molecule has 1 heterocycles. The molecular weight excluding hydrogens is 371 g/mol. The minimum Gasteiger partial charge on any atom is -0.408 e. The van der Waals surface area contributed by atoms with Crippen molar-refractivity contribution in [2.75, 3.05) is 7.05 Å². The Labute approximate surface area is 166 Å². The Morgan fingerprint density at radius 2 is 1.72 bits per heavy atom. The summed E-state index contributed by atoms with van der Waals surface area (Å²) in [4.78, 5) is 26.8. The highest BCUT2D eigenvalue weighted by atomic mass is 19.1. The molecule has 0 atom stereocenters. The van der Waals surface area contributed by atoms with Crippen LogP contribution >= 0.6 is 0 Å². The first kappa shape index (κ1) is 18.7. The summed E-state index contributed by atoms with van der Waals surface area (Å²) < 4.78 is 19.9. The van der Waals surface area contributed by atoms with Gasteiger partial charge in [0.2, 0.25) is 0 Å². The van der Waals surface area contributed by atoms with Gasteiger partial charge < -0.3 is 9.32 Å². The number of amides is 1. The molecular formula is C23H19FN2O3. The molecule has 0 N–H and O–H groups in total. The summed E-state index contributed by atoms with van der Waals surface area (Å²) in [5.74, 6) is -1.02. The van der Waals surface area contributed by atoms with Crippen molar-refractivity contribution in [3.05, 3.63) is 106 Å². The molecule has 5 nitrogen and oxygen atoms in total. The zero-order valence-electron chi connectivity index (χ0n) is 15.8. The van der Waals surface area contributed by atoms with E-state index in [-0.39, 0.29) is 18.3 Å². The van der Waals surface area contributed by atoms with E-state index >= 15 is 0 Å². The van der Waals surface area contributed by atoms with E-state index in [4.69, 9.17) is 4.42 Å². The first-order valence-electron chi connectivity index (χ1n) is 9.18. The molecule has 0 aliphatic carbocycles. The topological polar surface area (TPSA) is 55.5 Å². The van der Waals surface area contributed by atoms with Crippen molar-refractivity contribution in [2.45, 2.75) is 13.1 Å². The second-order valence-electron chi connectivity index (χ2n) is 6.91. The van der Waals surface area contributed by atoms with E-state index in [0.717, 1.165) is 11.1 Å². The number of rotatable bonds is 5. The zero-order valence-corrected chi connectivity index (χ0v) is 15.8. The van der Waals surface area contributed by atoms with Crippen LogP contribution in [0.2, 0.25) is 0 Å². The van der Waals surface area contributed by atoms with Gasteiger partial charge in [-0.25, -0.2) is 9.18 Å². The number of aromatic nitrogens is 1. The Morgan fingerprint density at radius 1 is 1.00 bits per heavy atom. The molecule has 1 amide bonds. The Balaban J connectivity index is 1.63. The van der Waals surface area contributed by atoms with Crippen molar-refractivity contribution in [3.63, 3.8) is 0 Å². The lowest BCUT2D eigenvalue weighted by molar-refractivity contribution is 0.0785. The van der Waals surface area contributed by atoms with E-state index in [1.807, 2.05) is 30.3 Å². The lowest BCUT2D eigenvalue weighted by atomic mass is 10.1. The molecule has 0 saturated carbocycles. The molecule has 0 saturated heterocycles. The molecule has 0 fully saturated rings. The van der Waals surface area contributed by atoms with Crippen molar-refractivity contribution < 1.29 is 13.6 Å². The number of oxazole rings is 1. The summed E-state index contributed by atoms with van der Waals surface area (Å²) in [6.45, 7) is 0.703. The predicted molar refractivity (Wildman–Crippen MR) is 108 cm³/mol. The van der Waals surface area contributed by atoms with E-state index < -0.39 is 5.76 Å². The average molecular weight is 390 g/mol. The van der Waals surface area contributed by atoms with Crippen molar-refractivity contribution in [1.29, 1.82) is 0 Å². The molecule has 4 aromatic rings. The highest BCUT2D eigenvalue weighted by Gasteiger charge is 2.16. The fourth-order valence-electron chi connectivity index (χ4n) is 3.27. The molecule has 0 aliphatic heterocycles. The van der Waals surface area contributed by atoms with E-state index in [1.54, 1.807) is 42.3 Å². The zero-order chi connectivity index (χ0) is 20.4. The molecule has 0 spiro atoms. The Hall–Kier alpha value is -3.67. The largest absolute Gasteiger partial charge is 0.420 e. The average Bonchev–Trinajstić information content (AvgIpc) is 3.04. The van der Waals surface area contributed by atoms with Crippen molar-refractivity contribution in [2.24, 2.45) is 0 Å². The highest BCUT2D eigenvalue weighted by molar-refractivity contribution is 5.97. The van der Waals surface area contributed by atoms with Crippen LogP contribution in [0.3, 0.4) is 0 Å². The van der Waals surface area contributed by atoms with E-state index in [0.29, 0.717) is 23.2 Å². The van der Waals surface area contributed by atoms with Crippen molar-refractivity contribution in [1.82, 2.24) is 9.47 Å². The second kappa shape index (κ2) is 7.75. The molecule has 0 aliphatic rings. The lowest BCUT2D eigenvalue weighted by Gasteiger charge is -2.17. The normalized spacial score (nSPS) is 11.0. The maximum atomic E-state index is 13.1. The second-order valence-corrected chi connectivity index (χ2v) is 6.91. The molecule has 4 rings (SSSR count). The lowest BCUT2D eigenvalue weighted by Crippen LogP contribution is -2.26. The van der Waals surface area contributed by atoms with E-state index in [9.17, 15) is 14.0 Å². The highest BCUT2D eigenvalue weighted by Crippen LogP contribution is 2.18. The van der Waals surface area contributed by atoms with Crippen LogP contribution in [0.25, 0.3) is 11.1 Å². The van der Waals surface area contributed by atoms with Crippen LogP contribution in [-0.2, 0) is 13.1 Å². The van der Waals surface area contributed by atoms with Gasteiger partial charge in [0.25, 0.3) is 5.91 Å². The number of carbonyl (C=O) groups is 1. The fourth-order valence-corrected chi connectivity index (χ4v) is 3.27. The van der Waals surface area contributed by atoms with Gasteiger partial charge in [-0.2, -0.15) is 0 Å². The monoisotopic (exact) mass is 390 g/mol. The maximum Gasteiger partial charge on any atom is 0.420 e. The number of halogens is 1. The Bertz CT molecular complexity index is 1210. The van der Waals surface area contributed by atoms with Crippen LogP contribution in [0.4, 0.5) is 4.39 Å². The third kappa shape index (κ3) is 3.96. The van der Waals surface area contributed by atoms with Gasteiger partial charge >= 0.3 is 5.76 Å². The molecule has 3 aromatic carbocycles. The van der Waals surface area contributed by atoms with Gasteiger partial charge in [0.15, 0.2) is 5.58 Å². The number of hydrogen-bond acceptors (Lipinski definition) is 3. The molecule has 29 heavy (non-hydrogen) atoms. The fraction of sp³-hybridized carbons (Fsp3) is 0.130. The molecule has 146 valence electrons. The summed E-state index contributed by atoms with van der Waals surface area (Å²) >= 11 is 0. The van der Waals surface area contributed by atoms with Crippen LogP contribution in [0, 0.1) is 5.82 Å². The van der Waals surface area contributed by atoms with E-state index in [1.165, 1.54) is 16.7 Å². The third-order valence-electron chi connectivity index (χ3n) is 4.78. The number of benzene rings is 3. The third-order valence-corrected chi connectivity index (χ3v) is 4.78. The smallest absolute Gasteiger partial charge is 0.408 e. The van der Waals surface area contributed by atoms with Crippen LogP contribution < -0.4 is 5.76 Å². The standard InChI is InChI=1S/C23H19FN2O3/c1-25(14-16-5-3-2-4-6-16)22(27)18-9-12-21-20(13-18)26(23(28)29-21)15-17-7-10-19(24)11-8-17/h2-13H,14-15H2,1H3. The van der Waals surface area contributed by atoms with Crippen LogP contribution in [0.1, 0.15) is 21.5 Å². The molecule has 0 unspecified atom stereocenters. The SMILES string of the molecule is CN(Cc1ccccc1)C(=O)c1ccc2oc(=O)n(Cc3ccc(F)cc3)c2c1. The minimum atomic E-state index is -0.522. The van der Waals surface area contributed by atoms with Crippen molar-refractivity contribution >= 4 is 17.0 Å². The van der Waals surface area contributed by atoms with Gasteiger partial charge in [-0.05, 0) is 41.5 Å². The summed E-state index contributed by atoms with van der Waals surface area (Å²) in [5.41, 5.74) is 3.18. The van der Waals surface area contributed by atoms with Gasteiger partial charge in [-0.15, -0.1) is 0 Å². The van der Waals surface area contributed by atoms with Crippen LogP contribution in [0.15, 0.2) is 82.0 Å². The molecule has 6 heteroatoms. The van der Waals surface area contributed by atoms with Gasteiger partial charge in [-0.1, -0.05) is 42.5 Å². The first-order valence-corrected chi connectivity index (χ1v) is 9.18. The maximum absolute atomic E-state index is 13.1. The Morgan fingerprint density at radius 3 is 2.45 bits per heavy atom. The number of carbonyl (C=O) groups excluding carboxylic acids is 1.